The van der Waals surface area contributed by atoms with Gasteiger partial charge in [-0.25, -0.2) is 0 Å². The standard InChI is InChI=1S/C19H34N4O/c1-16(2)14-21-9-11-22(12-10-21)19(24)7-5-6-8-23-15-18(13-20-23)17(3)4/h13,15-17H,5-12,14H2,1-4H3. The Bertz CT molecular complexity index is 501. The third-order valence-corrected chi connectivity index (χ3v) is 4.70. The summed E-state index contributed by atoms with van der Waals surface area (Å²) in [6.45, 7) is 14.7. The second kappa shape index (κ2) is 9.21. The summed E-state index contributed by atoms with van der Waals surface area (Å²) in [7, 11) is 0. The van der Waals surface area contributed by atoms with Crippen molar-refractivity contribution in [2.24, 2.45) is 5.92 Å². The van der Waals surface area contributed by atoms with Crippen LogP contribution in [0.2, 0.25) is 0 Å². The normalized spacial score (nSPS) is 16.3. The highest BCUT2D eigenvalue weighted by Gasteiger charge is 2.20. The molecule has 1 aromatic heterocycles. The molecule has 0 aliphatic carbocycles. The third-order valence-electron chi connectivity index (χ3n) is 4.70. The zero-order valence-corrected chi connectivity index (χ0v) is 15.9. The summed E-state index contributed by atoms with van der Waals surface area (Å²) >= 11 is 0. The first-order chi connectivity index (χ1) is 11.5. The van der Waals surface area contributed by atoms with Crippen molar-refractivity contribution in [3.63, 3.8) is 0 Å². The van der Waals surface area contributed by atoms with Crippen molar-refractivity contribution < 1.29 is 4.79 Å². The Hall–Kier alpha value is -1.36. The molecule has 1 aromatic rings. The molecule has 0 atom stereocenters. The van der Waals surface area contributed by atoms with Crippen molar-refractivity contribution in [3.8, 4) is 0 Å². The van der Waals surface area contributed by atoms with Gasteiger partial charge in [-0.1, -0.05) is 27.7 Å². The summed E-state index contributed by atoms with van der Waals surface area (Å²) in [5.41, 5.74) is 1.28. The van der Waals surface area contributed by atoms with Gasteiger partial charge in [-0.15, -0.1) is 0 Å². The van der Waals surface area contributed by atoms with Crippen molar-refractivity contribution in [1.82, 2.24) is 19.6 Å². The average molecular weight is 335 g/mol. The van der Waals surface area contributed by atoms with E-state index in [1.54, 1.807) is 0 Å². The van der Waals surface area contributed by atoms with Crippen LogP contribution in [-0.2, 0) is 11.3 Å². The van der Waals surface area contributed by atoms with Crippen molar-refractivity contribution in [1.29, 1.82) is 0 Å². The summed E-state index contributed by atoms with van der Waals surface area (Å²) in [5, 5.41) is 4.39. The van der Waals surface area contributed by atoms with Crippen LogP contribution in [0, 0.1) is 5.92 Å². The quantitative estimate of drug-likeness (QED) is 0.686. The van der Waals surface area contributed by atoms with Crippen LogP contribution in [0.25, 0.3) is 0 Å². The highest BCUT2D eigenvalue weighted by atomic mass is 16.2. The number of nitrogens with zero attached hydrogens (tertiary/aromatic N) is 4. The number of aryl methyl sites for hydroxylation is 1. The predicted octanol–water partition coefficient (Wildman–Crippen LogP) is 2.98. The van der Waals surface area contributed by atoms with Gasteiger partial charge in [0, 0.05) is 51.9 Å². The molecule has 24 heavy (non-hydrogen) atoms. The SMILES string of the molecule is CC(C)CN1CCN(C(=O)CCCCn2cc(C(C)C)cn2)CC1. The number of amides is 1. The highest BCUT2D eigenvalue weighted by Crippen LogP contribution is 2.13. The summed E-state index contributed by atoms with van der Waals surface area (Å²) in [5.74, 6) is 1.54. The zero-order chi connectivity index (χ0) is 17.5. The smallest absolute Gasteiger partial charge is 0.222 e. The molecule has 2 rings (SSSR count). The highest BCUT2D eigenvalue weighted by molar-refractivity contribution is 5.76. The number of aromatic nitrogens is 2. The van der Waals surface area contributed by atoms with Crippen LogP contribution in [0.4, 0.5) is 0 Å². The lowest BCUT2D eigenvalue weighted by molar-refractivity contribution is -0.133. The predicted molar refractivity (Wildman–Crippen MR) is 98.0 cm³/mol. The molecule has 0 radical (unpaired) electrons. The summed E-state index contributed by atoms with van der Waals surface area (Å²) < 4.78 is 2.00. The van der Waals surface area contributed by atoms with Gasteiger partial charge in [0.2, 0.25) is 5.91 Å². The Morgan fingerprint density at radius 1 is 1.12 bits per heavy atom. The first kappa shape index (κ1) is 19.0. The second-order valence-electron chi connectivity index (χ2n) is 7.72. The molecule has 0 aromatic carbocycles. The zero-order valence-electron chi connectivity index (χ0n) is 15.9. The lowest BCUT2D eigenvalue weighted by Gasteiger charge is -2.35. The molecule has 0 unspecified atom stereocenters. The van der Waals surface area contributed by atoms with Crippen LogP contribution >= 0.6 is 0 Å². The molecule has 0 spiro atoms. The number of carbonyl (C=O) groups excluding carboxylic acids is 1. The molecule has 1 aliphatic heterocycles. The molecule has 0 N–H and O–H groups in total. The fourth-order valence-corrected chi connectivity index (χ4v) is 3.20. The molecule has 2 heterocycles. The minimum absolute atomic E-state index is 0.322. The lowest BCUT2D eigenvalue weighted by Crippen LogP contribution is -2.49. The summed E-state index contributed by atoms with van der Waals surface area (Å²) in [4.78, 5) is 16.8. The second-order valence-corrected chi connectivity index (χ2v) is 7.72. The number of hydrogen-bond donors (Lipinski definition) is 0. The van der Waals surface area contributed by atoms with Crippen LogP contribution in [0.1, 0.15) is 58.4 Å². The fourth-order valence-electron chi connectivity index (χ4n) is 3.20. The molecule has 1 amide bonds. The Balaban J connectivity index is 1.61. The van der Waals surface area contributed by atoms with Crippen LogP contribution in [0.15, 0.2) is 12.4 Å². The molecule has 1 saturated heterocycles. The van der Waals surface area contributed by atoms with Crippen LogP contribution in [0.3, 0.4) is 0 Å². The van der Waals surface area contributed by atoms with E-state index in [1.807, 2.05) is 15.8 Å². The summed E-state index contributed by atoms with van der Waals surface area (Å²) in [6.07, 6.45) is 6.70. The number of rotatable bonds is 8. The number of piperazine rings is 1. The van der Waals surface area contributed by atoms with Crippen LogP contribution < -0.4 is 0 Å². The van der Waals surface area contributed by atoms with E-state index in [9.17, 15) is 4.79 Å². The van der Waals surface area contributed by atoms with Gasteiger partial charge in [0.15, 0.2) is 0 Å². The van der Waals surface area contributed by atoms with E-state index in [0.29, 0.717) is 24.2 Å². The molecule has 1 fully saturated rings. The number of carbonyl (C=O) groups is 1. The fraction of sp³-hybridized carbons (Fsp3) is 0.789. The maximum atomic E-state index is 12.3. The molecule has 136 valence electrons. The van der Waals surface area contributed by atoms with Crippen molar-refractivity contribution in [2.45, 2.75) is 59.4 Å². The maximum absolute atomic E-state index is 12.3. The van der Waals surface area contributed by atoms with Gasteiger partial charge in [0.25, 0.3) is 0 Å². The van der Waals surface area contributed by atoms with Gasteiger partial charge in [-0.3, -0.25) is 14.4 Å². The van der Waals surface area contributed by atoms with Gasteiger partial charge in [-0.05, 0) is 30.2 Å². The van der Waals surface area contributed by atoms with E-state index in [4.69, 9.17) is 0 Å². The van der Waals surface area contributed by atoms with E-state index in [0.717, 1.165) is 52.1 Å². The number of hydrogen-bond acceptors (Lipinski definition) is 3. The summed E-state index contributed by atoms with van der Waals surface area (Å²) in [6, 6.07) is 0. The molecule has 5 heteroatoms. The Kier molecular flexibility index (Phi) is 7.28. The van der Waals surface area contributed by atoms with Crippen molar-refractivity contribution in [2.75, 3.05) is 32.7 Å². The maximum Gasteiger partial charge on any atom is 0.222 e. The first-order valence-electron chi connectivity index (χ1n) is 9.48. The van der Waals surface area contributed by atoms with E-state index in [2.05, 4.69) is 43.9 Å². The molecular weight excluding hydrogens is 300 g/mol. The monoisotopic (exact) mass is 334 g/mol. The molecular formula is C19H34N4O. The van der Waals surface area contributed by atoms with E-state index < -0.39 is 0 Å². The molecule has 1 aliphatic rings. The first-order valence-corrected chi connectivity index (χ1v) is 9.48. The average Bonchev–Trinajstić information content (AvgIpc) is 3.00. The largest absolute Gasteiger partial charge is 0.340 e. The van der Waals surface area contributed by atoms with Crippen LogP contribution in [-0.4, -0.2) is 58.2 Å². The lowest BCUT2D eigenvalue weighted by atomic mass is 10.1. The van der Waals surface area contributed by atoms with E-state index in [1.165, 1.54) is 5.56 Å². The van der Waals surface area contributed by atoms with Crippen molar-refractivity contribution in [3.05, 3.63) is 18.0 Å². The van der Waals surface area contributed by atoms with Gasteiger partial charge in [0.05, 0.1) is 6.20 Å². The third kappa shape index (κ3) is 5.93. The Morgan fingerprint density at radius 3 is 2.42 bits per heavy atom. The van der Waals surface area contributed by atoms with Crippen molar-refractivity contribution >= 4 is 5.91 Å². The molecule has 5 nitrogen and oxygen atoms in total. The Morgan fingerprint density at radius 2 is 1.83 bits per heavy atom. The number of unbranched alkanes of at least 4 members (excludes halogenated alkanes) is 1. The molecule has 0 bridgehead atoms. The van der Waals surface area contributed by atoms with Gasteiger partial charge in [0.1, 0.15) is 0 Å². The van der Waals surface area contributed by atoms with Gasteiger partial charge < -0.3 is 4.90 Å². The van der Waals surface area contributed by atoms with Gasteiger partial charge >= 0.3 is 0 Å². The minimum Gasteiger partial charge on any atom is -0.340 e. The van der Waals surface area contributed by atoms with E-state index in [-0.39, 0.29) is 0 Å². The van der Waals surface area contributed by atoms with Gasteiger partial charge in [-0.2, -0.15) is 5.10 Å². The van der Waals surface area contributed by atoms with Crippen LogP contribution in [0.5, 0.6) is 0 Å². The Labute approximate surface area is 147 Å². The topological polar surface area (TPSA) is 41.4 Å². The molecule has 0 saturated carbocycles. The minimum atomic E-state index is 0.322. The van der Waals surface area contributed by atoms with E-state index >= 15 is 0 Å².